The smallest absolute Gasteiger partial charge is 0.0945 e. The van der Waals surface area contributed by atoms with Crippen LogP contribution in [0.25, 0.3) is 0 Å². The van der Waals surface area contributed by atoms with Crippen molar-refractivity contribution >= 4 is 5.69 Å². The second-order valence-electron chi connectivity index (χ2n) is 5.86. The first-order valence-electron chi connectivity index (χ1n) is 8.22. The van der Waals surface area contributed by atoms with Crippen molar-refractivity contribution in [2.24, 2.45) is 5.92 Å². The second kappa shape index (κ2) is 10.6. The summed E-state index contributed by atoms with van der Waals surface area (Å²) in [4.78, 5) is 0. The van der Waals surface area contributed by atoms with E-state index in [1.807, 2.05) is 12.1 Å². The van der Waals surface area contributed by atoms with Crippen molar-refractivity contribution in [3.63, 3.8) is 0 Å². The van der Waals surface area contributed by atoms with Gasteiger partial charge in [0.25, 0.3) is 0 Å². The van der Waals surface area contributed by atoms with E-state index in [9.17, 15) is 5.11 Å². The fourth-order valence-electron chi connectivity index (χ4n) is 2.32. The molecule has 0 aromatic heterocycles. The number of rotatable bonds is 11. The maximum atomic E-state index is 9.95. The van der Waals surface area contributed by atoms with Gasteiger partial charge in [0.05, 0.1) is 12.7 Å². The second-order valence-corrected chi connectivity index (χ2v) is 5.86. The zero-order chi connectivity index (χ0) is 15.5. The van der Waals surface area contributed by atoms with Crippen molar-refractivity contribution < 1.29 is 9.84 Å². The summed E-state index contributed by atoms with van der Waals surface area (Å²) in [7, 11) is 0. The lowest BCUT2D eigenvalue weighted by Crippen LogP contribution is -2.26. The highest BCUT2D eigenvalue weighted by atomic mass is 16.5. The number of anilines is 1. The van der Waals surface area contributed by atoms with Crippen molar-refractivity contribution in [2.75, 3.05) is 25.1 Å². The highest BCUT2D eigenvalue weighted by Gasteiger charge is 2.09. The number of ether oxygens (including phenoxy) is 1. The summed E-state index contributed by atoms with van der Waals surface area (Å²) in [5, 5.41) is 13.2. The van der Waals surface area contributed by atoms with Crippen LogP contribution in [0.3, 0.4) is 0 Å². The predicted molar refractivity (Wildman–Crippen MR) is 89.8 cm³/mol. The molecule has 0 spiro atoms. The molecule has 120 valence electrons. The standard InChI is InChI=1S/C18H31NO2/c1-4-6-9-16(5-2)13-21-14-18(20)12-19-17-10-7-8-15(3)11-17/h7-8,10-11,16,18-20H,4-6,9,12-14H2,1-3H3. The Bertz CT molecular complexity index is 381. The topological polar surface area (TPSA) is 41.5 Å². The van der Waals surface area contributed by atoms with Crippen LogP contribution in [0, 0.1) is 12.8 Å². The molecule has 0 aliphatic carbocycles. The molecule has 2 N–H and O–H groups in total. The van der Waals surface area contributed by atoms with Crippen LogP contribution >= 0.6 is 0 Å². The summed E-state index contributed by atoms with van der Waals surface area (Å²) in [5.41, 5.74) is 2.26. The summed E-state index contributed by atoms with van der Waals surface area (Å²) in [6.45, 7) is 8.17. The zero-order valence-electron chi connectivity index (χ0n) is 13.8. The lowest BCUT2D eigenvalue weighted by atomic mass is 10.0. The number of hydrogen-bond acceptors (Lipinski definition) is 3. The lowest BCUT2D eigenvalue weighted by molar-refractivity contribution is 0.0245. The van der Waals surface area contributed by atoms with Crippen LogP contribution in [0.1, 0.15) is 45.1 Å². The van der Waals surface area contributed by atoms with Crippen molar-refractivity contribution in [3.05, 3.63) is 29.8 Å². The van der Waals surface area contributed by atoms with Crippen molar-refractivity contribution in [3.8, 4) is 0 Å². The summed E-state index contributed by atoms with van der Waals surface area (Å²) in [6, 6.07) is 8.16. The van der Waals surface area contributed by atoms with Crippen LogP contribution < -0.4 is 5.32 Å². The molecule has 21 heavy (non-hydrogen) atoms. The molecule has 2 atom stereocenters. The van der Waals surface area contributed by atoms with Crippen LogP contribution in [-0.2, 0) is 4.74 Å². The molecule has 0 fully saturated rings. The SMILES string of the molecule is CCCCC(CC)COCC(O)CNc1cccc(C)c1. The van der Waals surface area contributed by atoms with Gasteiger partial charge in [-0.3, -0.25) is 0 Å². The minimum atomic E-state index is -0.464. The monoisotopic (exact) mass is 293 g/mol. The highest BCUT2D eigenvalue weighted by Crippen LogP contribution is 2.13. The Morgan fingerprint density at radius 3 is 2.71 bits per heavy atom. The van der Waals surface area contributed by atoms with Gasteiger partial charge in [-0.25, -0.2) is 0 Å². The van der Waals surface area contributed by atoms with E-state index < -0.39 is 6.10 Å². The maximum Gasteiger partial charge on any atom is 0.0945 e. The minimum absolute atomic E-state index is 0.404. The third kappa shape index (κ3) is 8.08. The van der Waals surface area contributed by atoms with Gasteiger partial charge >= 0.3 is 0 Å². The molecule has 1 aromatic carbocycles. The zero-order valence-corrected chi connectivity index (χ0v) is 13.8. The Morgan fingerprint density at radius 1 is 1.24 bits per heavy atom. The number of benzene rings is 1. The van der Waals surface area contributed by atoms with Crippen molar-refractivity contribution in [2.45, 2.75) is 52.6 Å². The number of aliphatic hydroxyl groups excluding tert-OH is 1. The van der Waals surface area contributed by atoms with E-state index in [2.05, 4.69) is 38.2 Å². The normalized spacial score (nSPS) is 13.9. The van der Waals surface area contributed by atoms with Crippen LogP contribution in [0.4, 0.5) is 5.69 Å². The molecule has 1 aromatic rings. The van der Waals surface area contributed by atoms with Gasteiger partial charge in [0, 0.05) is 18.8 Å². The summed E-state index contributed by atoms with van der Waals surface area (Å²) in [6.07, 6.45) is 4.41. The van der Waals surface area contributed by atoms with E-state index in [-0.39, 0.29) is 0 Å². The van der Waals surface area contributed by atoms with Gasteiger partial charge in [-0.2, -0.15) is 0 Å². The average molecular weight is 293 g/mol. The lowest BCUT2D eigenvalue weighted by Gasteiger charge is -2.17. The van der Waals surface area contributed by atoms with Crippen molar-refractivity contribution in [1.82, 2.24) is 0 Å². The first kappa shape index (κ1) is 18.0. The number of aryl methyl sites for hydroxylation is 1. The van der Waals surface area contributed by atoms with E-state index in [1.54, 1.807) is 0 Å². The molecule has 3 nitrogen and oxygen atoms in total. The Kier molecular flexibility index (Phi) is 9.11. The van der Waals surface area contributed by atoms with Gasteiger partial charge in [0.1, 0.15) is 0 Å². The fourth-order valence-corrected chi connectivity index (χ4v) is 2.32. The quantitative estimate of drug-likeness (QED) is 0.648. The van der Waals surface area contributed by atoms with E-state index >= 15 is 0 Å². The summed E-state index contributed by atoms with van der Waals surface area (Å²) < 4.78 is 5.67. The molecule has 0 saturated heterocycles. The van der Waals surface area contributed by atoms with Crippen LogP contribution in [0.5, 0.6) is 0 Å². The molecule has 2 unspecified atom stereocenters. The number of unbranched alkanes of at least 4 members (excludes halogenated alkanes) is 1. The molecule has 0 saturated carbocycles. The minimum Gasteiger partial charge on any atom is -0.389 e. The first-order chi connectivity index (χ1) is 10.2. The molecule has 0 heterocycles. The Morgan fingerprint density at radius 2 is 2.05 bits per heavy atom. The predicted octanol–water partition coefficient (Wildman–Crippen LogP) is 4.00. The Hall–Kier alpha value is -1.06. The Labute approximate surface area is 129 Å². The first-order valence-corrected chi connectivity index (χ1v) is 8.22. The van der Waals surface area contributed by atoms with Gasteiger partial charge in [-0.05, 0) is 37.0 Å². The van der Waals surface area contributed by atoms with Gasteiger partial charge in [-0.15, -0.1) is 0 Å². The summed E-state index contributed by atoms with van der Waals surface area (Å²) >= 11 is 0. The van der Waals surface area contributed by atoms with Crippen LogP contribution in [0.15, 0.2) is 24.3 Å². The molecule has 1 rings (SSSR count). The third-order valence-corrected chi connectivity index (χ3v) is 3.77. The van der Waals surface area contributed by atoms with Crippen LogP contribution in [-0.4, -0.2) is 31.0 Å². The van der Waals surface area contributed by atoms with Gasteiger partial charge in [0.15, 0.2) is 0 Å². The highest BCUT2D eigenvalue weighted by molar-refractivity contribution is 5.45. The molecule has 3 heteroatoms. The van der Waals surface area contributed by atoms with Gasteiger partial charge in [-0.1, -0.05) is 45.2 Å². The average Bonchev–Trinajstić information content (AvgIpc) is 2.48. The third-order valence-electron chi connectivity index (χ3n) is 3.77. The Balaban J connectivity index is 2.17. The van der Waals surface area contributed by atoms with E-state index in [0.717, 1.165) is 18.7 Å². The largest absolute Gasteiger partial charge is 0.389 e. The maximum absolute atomic E-state index is 9.95. The van der Waals surface area contributed by atoms with E-state index in [1.165, 1.54) is 24.8 Å². The van der Waals surface area contributed by atoms with E-state index in [4.69, 9.17) is 4.74 Å². The van der Waals surface area contributed by atoms with Crippen molar-refractivity contribution in [1.29, 1.82) is 0 Å². The number of hydrogen-bond donors (Lipinski definition) is 2. The van der Waals surface area contributed by atoms with Gasteiger partial charge < -0.3 is 15.2 Å². The molecule has 0 aliphatic rings. The molecule has 0 amide bonds. The number of aliphatic hydroxyl groups is 1. The van der Waals surface area contributed by atoms with Crippen LogP contribution in [0.2, 0.25) is 0 Å². The molecule has 0 aliphatic heterocycles. The van der Waals surface area contributed by atoms with Gasteiger partial charge in [0.2, 0.25) is 0 Å². The molecular formula is C18H31NO2. The molecule has 0 bridgehead atoms. The fraction of sp³-hybridized carbons (Fsp3) is 0.667. The molecule has 0 radical (unpaired) electrons. The molecular weight excluding hydrogens is 262 g/mol. The number of nitrogens with one attached hydrogen (secondary N) is 1. The van der Waals surface area contributed by atoms with E-state index in [0.29, 0.717) is 19.1 Å². The summed E-state index contributed by atoms with van der Waals surface area (Å²) in [5.74, 6) is 0.627.